The van der Waals surface area contributed by atoms with Gasteiger partial charge in [0.1, 0.15) is 0 Å². The molecule has 2 aliphatic heterocycles. The molecule has 0 aromatic rings. The smallest absolute Gasteiger partial charge is 0.281 e. The van der Waals surface area contributed by atoms with Crippen LogP contribution in [0.25, 0.3) is 0 Å². The maximum Gasteiger partial charge on any atom is 0.281 e. The van der Waals surface area contributed by atoms with Crippen LogP contribution in [0.1, 0.15) is 38.5 Å². The normalized spacial score (nSPS) is 26.3. The highest BCUT2D eigenvalue weighted by molar-refractivity contribution is 8.00. The summed E-state index contributed by atoms with van der Waals surface area (Å²) in [4.78, 5) is 0. The molecule has 0 amide bonds. The summed E-state index contributed by atoms with van der Waals surface area (Å²) in [5, 5.41) is 0. The maximum atomic E-state index is 12.7. The topological polar surface area (TPSA) is 66.6 Å². The van der Waals surface area contributed by atoms with E-state index in [1.807, 2.05) is 0 Å². The molecule has 0 aromatic heterocycles. The molecule has 2 N–H and O–H groups in total. The lowest BCUT2D eigenvalue weighted by Crippen LogP contribution is -2.52. The van der Waals surface area contributed by atoms with E-state index in [1.54, 1.807) is 20.4 Å². The highest BCUT2D eigenvalue weighted by atomic mass is 32.2. The summed E-state index contributed by atoms with van der Waals surface area (Å²) in [7, 11) is -3.26. The van der Waals surface area contributed by atoms with Gasteiger partial charge >= 0.3 is 0 Å². The molecule has 5 nitrogen and oxygen atoms in total. The summed E-state index contributed by atoms with van der Waals surface area (Å²) < 4.78 is 28.8. The van der Waals surface area contributed by atoms with Gasteiger partial charge in [-0.05, 0) is 31.9 Å². The fourth-order valence-corrected chi connectivity index (χ4v) is 5.50. The minimum atomic E-state index is -3.26. The minimum absolute atomic E-state index is 0.0742. The third-order valence-electron chi connectivity index (χ3n) is 4.66. The largest absolute Gasteiger partial charge is 0.329 e. The van der Waals surface area contributed by atoms with Crippen LogP contribution in [-0.2, 0) is 10.2 Å². The molecule has 118 valence electrons. The van der Waals surface area contributed by atoms with E-state index in [-0.39, 0.29) is 4.75 Å². The first-order chi connectivity index (χ1) is 9.54. The van der Waals surface area contributed by atoms with E-state index < -0.39 is 10.2 Å². The van der Waals surface area contributed by atoms with Crippen molar-refractivity contribution in [3.8, 4) is 0 Å². The van der Waals surface area contributed by atoms with Crippen LogP contribution in [0.15, 0.2) is 0 Å². The summed E-state index contributed by atoms with van der Waals surface area (Å²) >= 11 is 1.78. The van der Waals surface area contributed by atoms with Crippen LogP contribution in [0.2, 0.25) is 0 Å². The number of rotatable bonds is 4. The molecule has 2 aliphatic rings. The van der Waals surface area contributed by atoms with Crippen molar-refractivity contribution in [1.82, 2.24) is 8.61 Å². The van der Waals surface area contributed by atoms with E-state index in [2.05, 4.69) is 6.26 Å². The van der Waals surface area contributed by atoms with Crippen LogP contribution in [-0.4, -0.2) is 60.8 Å². The average molecular weight is 322 g/mol. The third kappa shape index (κ3) is 3.50. The second-order valence-corrected chi connectivity index (χ2v) is 9.01. The van der Waals surface area contributed by atoms with Crippen molar-refractivity contribution in [3.63, 3.8) is 0 Å². The van der Waals surface area contributed by atoms with E-state index in [1.165, 1.54) is 0 Å². The van der Waals surface area contributed by atoms with Crippen molar-refractivity contribution in [2.24, 2.45) is 5.73 Å². The molecule has 2 rings (SSSR count). The molecule has 2 saturated heterocycles. The van der Waals surface area contributed by atoms with Gasteiger partial charge in [-0.25, -0.2) is 0 Å². The molecule has 7 heteroatoms. The van der Waals surface area contributed by atoms with Crippen molar-refractivity contribution in [3.05, 3.63) is 0 Å². The van der Waals surface area contributed by atoms with Gasteiger partial charge < -0.3 is 5.73 Å². The zero-order valence-electron chi connectivity index (χ0n) is 12.4. The zero-order valence-corrected chi connectivity index (χ0v) is 14.0. The molecule has 0 bridgehead atoms. The quantitative estimate of drug-likeness (QED) is 0.846. The maximum absolute atomic E-state index is 12.7. The van der Waals surface area contributed by atoms with Gasteiger partial charge in [-0.2, -0.15) is 28.8 Å². The van der Waals surface area contributed by atoms with Gasteiger partial charge in [0.05, 0.1) is 0 Å². The van der Waals surface area contributed by atoms with Gasteiger partial charge in [0.2, 0.25) is 0 Å². The number of hydrogen-bond donors (Lipinski definition) is 1. The van der Waals surface area contributed by atoms with E-state index in [0.717, 1.165) is 38.5 Å². The molecule has 0 aromatic carbocycles. The zero-order chi connectivity index (χ0) is 14.6. The molecule has 0 radical (unpaired) electrons. The monoisotopic (exact) mass is 321 g/mol. The summed E-state index contributed by atoms with van der Waals surface area (Å²) in [5.74, 6) is 0. The molecule has 0 aliphatic carbocycles. The Morgan fingerprint density at radius 1 is 1.00 bits per heavy atom. The summed E-state index contributed by atoms with van der Waals surface area (Å²) in [5.41, 5.74) is 5.87. The van der Waals surface area contributed by atoms with Gasteiger partial charge in [0.15, 0.2) is 0 Å². The first kappa shape index (κ1) is 16.5. The molecular formula is C13H27N3O2S2. The van der Waals surface area contributed by atoms with Crippen LogP contribution in [0.3, 0.4) is 0 Å². The molecule has 2 fully saturated rings. The van der Waals surface area contributed by atoms with Gasteiger partial charge in [0, 0.05) is 37.5 Å². The Hall–Kier alpha value is 0.180. The van der Waals surface area contributed by atoms with E-state index in [0.29, 0.717) is 32.7 Å². The Morgan fingerprint density at radius 3 is 1.95 bits per heavy atom. The van der Waals surface area contributed by atoms with Crippen LogP contribution >= 0.6 is 11.8 Å². The second kappa shape index (κ2) is 6.96. The van der Waals surface area contributed by atoms with Gasteiger partial charge in [-0.1, -0.05) is 12.8 Å². The molecule has 2 heterocycles. The number of nitrogens with zero attached hydrogens (tertiary/aromatic N) is 2. The van der Waals surface area contributed by atoms with E-state index in [9.17, 15) is 8.42 Å². The summed E-state index contributed by atoms with van der Waals surface area (Å²) in [6.45, 7) is 3.21. The molecular weight excluding hydrogens is 294 g/mol. The first-order valence-corrected chi connectivity index (χ1v) is 10.2. The lowest BCUT2D eigenvalue weighted by molar-refractivity contribution is 0.275. The van der Waals surface area contributed by atoms with Crippen molar-refractivity contribution >= 4 is 22.0 Å². The fraction of sp³-hybridized carbons (Fsp3) is 1.00. The lowest BCUT2D eigenvalue weighted by Gasteiger charge is -2.40. The minimum Gasteiger partial charge on any atom is -0.329 e. The van der Waals surface area contributed by atoms with Crippen molar-refractivity contribution in [2.75, 3.05) is 39.0 Å². The fourth-order valence-electron chi connectivity index (χ4n) is 3.05. The van der Waals surface area contributed by atoms with Crippen molar-refractivity contribution in [1.29, 1.82) is 0 Å². The standard InChI is InChI=1S/C13H27N3O2S2/c1-19-13(12-14)6-10-16(11-7-13)20(17,18)15-8-4-2-3-5-9-15/h2-12,14H2,1H3. The molecule has 0 spiro atoms. The Kier molecular flexibility index (Phi) is 5.76. The van der Waals surface area contributed by atoms with Gasteiger partial charge in [-0.15, -0.1) is 0 Å². The van der Waals surface area contributed by atoms with E-state index in [4.69, 9.17) is 5.73 Å². The summed E-state index contributed by atoms with van der Waals surface area (Å²) in [6.07, 6.45) is 8.07. The Labute approximate surface area is 127 Å². The molecule has 0 atom stereocenters. The SMILES string of the molecule is CSC1(CN)CCN(S(=O)(=O)N2CCCCCC2)CC1. The van der Waals surface area contributed by atoms with Crippen LogP contribution in [0.5, 0.6) is 0 Å². The van der Waals surface area contributed by atoms with Crippen molar-refractivity contribution in [2.45, 2.75) is 43.3 Å². The number of hydrogen-bond acceptors (Lipinski definition) is 4. The first-order valence-electron chi connectivity index (χ1n) is 7.54. The highest BCUT2D eigenvalue weighted by Gasteiger charge is 2.38. The number of thioether (sulfide) groups is 1. The highest BCUT2D eigenvalue weighted by Crippen LogP contribution is 2.34. The summed E-state index contributed by atoms with van der Waals surface area (Å²) in [6, 6.07) is 0. The lowest BCUT2D eigenvalue weighted by atomic mass is 9.97. The predicted octanol–water partition coefficient (Wildman–Crippen LogP) is 1.26. The average Bonchev–Trinajstić information content (AvgIpc) is 2.77. The Bertz CT molecular complexity index is 392. The second-order valence-electron chi connectivity index (χ2n) is 5.81. The predicted molar refractivity (Wildman–Crippen MR) is 85.1 cm³/mol. The van der Waals surface area contributed by atoms with Crippen molar-refractivity contribution < 1.29 is 8.42 Å². The third-order valence-corrected chi connectivity index (χ3v) is 8.13. The van der Waals surface area contributed by atoms with Crippen LogP contribution < -0.4 is 5.73 Å². The van der Waals surface area contributed by atoms with Gasteiger partial charge in [-0.3, -0.25) is 0 Å². The Morgan fingerprint density at radius 2 is 1.50 bits per heavy atom. The Balaban J connectivity index is 2.01. The van der Waals surface area contributed by atoms with E-state index >= 15 is 0 Å². The van der Waals surface area contributed by atoms with Gasteiger partial charge in [0.25, 0.3) is 10.2 Å². The van der Waals surface area contributed by atoms with Crippen LogP contribution in [0, 0.1) is 0 Å². The molecule has 20 heavy (non-hydrogen) atoms. The molecule has 0 unspecified atom stereocenters. The number of nitrogens with two attached hydrogens (primary N) is 1. The number of piperidine rings is 1. The molecule has 0 saturated carbocycles. The van der Waals surface area contributed by atoms with Crippen LogP contribution in [0.4, 0.5) is 0 Å².